The number of alkyl carbamates (subject to hydrolysis) is 1. The lowest BCUT2D eigenvalue weighted by Crippen LogP contribution is -2.32. The van der Waals surface area contributed by atoms with Gasteiger partial charge >= 0.3 is 6.09 Å². The van der Waals surface area contributed by atoms with E-state index in [-0.39, 0.29) is 0 Å². The molecule has 1 aromatic carbocycles. The minimum Gasteiger partial charge on any atom is -0.444 e. The number of rotatable bonds is 3. The average Bonchev–Trinajstić information content (AvgIpc) is 2.77. The number of amides is 1. The highest BCUT2D eigenvalue weighted by Gasteiger charge is 2.15. The van der Waals surface area contributed by atoms with E-state index in [2.05, 4.69) is 26.2 Å². The summed E-state index contributed by atoms with van der Waals surface area (Å²) in [4.78, 5) is 14.7. The maximum absolute atomic E-state index is 11.5. The third-order valence-corrected chi connectivity index (χ3v) is 3.41. The number of carbonyl (C=O) groups is 1. The molecule has 0 radical (unpaired) electrons. The standard InChI is InChI=1S/C16H19BrN2O2/c1-16(2,3)21-15(20)18-9-5-6-11-10-19-13-8-4-7-12(17)14(11)13/h4-8,10,19H,9H2,1-3H3,(H,18,20). The molecule has 2 N–H and O–H groups in total. The first-order valence-electron chi connectivity index (χ1n) is 6.76. The molecule has 0 aliphatic rings. The van der Waals surface area contributed by atoms with E-state index < -0.39 is 11.7 Å². The lowest BCUT2D eigenvalue weighted by Gasteiger charge is -2.19. The maximum atomic E-state index is 11.5. The molecule has 0 spiro atoms. The number of hydrogen-bond donors (Lipinski definition) is 2. The van der Waals surface area contributed by atoms with Gasteiger partial charge in [0.25, 0.3) is 0 Å². The Hall–Kier alpha value is -1.75. The van der Waals surface area contributed by atoms with Crippen molar-refractivity contribution in [3.63, 3.8) is 0 Å². The normalized spacial score (nSPS) is 12.0. The number of H-pyrrole nitrogens is 1. The van der Waals surface area contributed by atoms with Crippen LogP contribution in [-0.4, -0.2) is 23.2 Å². The zero-order valence-electron chi connectivity index (χ0n) is 12.4. The molecule has 21 heavy (non-hydrogen) atoms. The van der Waals surface area contributed by atoms with Gasteiger partial charge in [0.1, 0.15) is 5.60 Å². The van der Waals surface area contributed by atoms with Gasteiger partial charge in [-0.1, -0.05) is 34.1 Å². The van der Waals surface area contributed by atoms with Crippen LogP contribution < -0.4 is 5.32 Å². The van der Waals surface area contributed by atoms with Crippen LogP contribution in [0.15, 0.2) is 34.9 Å². The Labute approximate surface area is 132 Å². The third-order valence-electron chi connectivity index (χ3n) is 2.75. The zero-order valence-corrected chi connectivity index (χ0v) is 14.0. The Balaban J connectivity index is 1.97. The molecule has 1 heterocycles. The second-order valence-corrected chi connectivity index (χ2v) is 6.55. The first-order valence-corrected chi connectivity index (χ1v) is 7.55. The molecule has 0 bridgehead atoms. The number of nitrogens with one attached hydrogen (secondary N) is 2. The van der Waals surface area contributed by atoms with Gasteiger partial charge in [-0.15, -0.1) is 0 Å². The van der Waals surface area contributed by atoms with Gasteiger partial charge < -0.3 is 15.0 Å². The first-order chi connectivity index (χ1) is 9.87. The van der Waals surface area contributed by atoms with Crippen LogP contribution in [0.25, 0.3) is 17.0 Å². The molecule has 0 aliphatic carbocycles. The van der Waals surface area contributed by atoms with E-state index in [4.69, 9.17) is 4.74 Å². The number of aromatic amines is 1. The summed E-state index contributed by atoms with van der Waals surface area (Å²) in [6.45, 7) is 5.94. The molecule has 0 fully saturated rings. The van der Waals surface area contributed by atoms with Crippen molar-refractivity contribution >= 4 is 39.0 Å². The summed E-state index contributed by atoms with van der Waals surface area (Å²) >= 11 is 3.55. The first kappa shape index (κ1) is 15.6. The number of ether oxygens (including phenoxy) is 1. The predicted molar refractivity (Wildman–Crippen MR) is 89.3 cm³/mol. The molecule has 112 valence electrons. The van der Waals surface area contributed by atoms with Crippen LogP contribution in [-0.2, 0) is 4.74 Å². The van der Waals surface area contributed by atoms with Crippen molar-refractivity contribution in [1.29, 1.82) is 0 Å². The van der Waals surface area contributed by atoms with Gasteiger partial charge in [-0.2, -0.15) is 0 Å². The monoisotopic (exact) mass is 350 g/mol. The van der Waals surface area contributed by atoms with Crippen molar-refractivity contribution in [1.82, 2.24) is 10.3 Å². The number of halogens is 1. The third kappa shape index (κ3) is 4.36. The van der Waals surface area contributed by atoms with Gasteiger partial charge in [-0.25, -0.2) is 4.79 Å². The fraction of sp³-hybridized carbons (Fsp3) is 0.312. The van der Waals surface area contributed by atoms with Crippen LogP contribution in [0.3, 0.4) is 0 Å². The molecule has 0 saturated carbocycles. The van der Waals surface area contributed by atoms with E-state index in [0.29, 0.717) is 6.54 Å². The van der Waals surface area contributed by atoms with Crippen molar-refractivity contribution < 1.29 is 9.53 Å². The molecule has 2 aromatic rings. The summed E-state index contributed by atoms with van der Waals surface area (Å²) in [5, 5.41) is 3.83. The highest BCUT2D eigenvalue weighted by molar-refractivity contribution is 9.10. The highest BCUT2D eigenvalue weighted by atomic mass is 79.9. The Morgan fingerprint density at radius 2 is 2.19 bits per heavy atom. The summed E-state index contributed by atoms with van der Waals surface area (Å²) in [5.41, 5.74) is 1.67. The minimum absolute atomic E-state index is 0.410. The zero-order chi connectivity index (χ0) is 15.5. The Kier molecular flexibility index (Phi) is 4.73. The summed E-state index contributed by atoms with van der Waals surface area (Å²) in [5.74, 6) is 0. The van der Waals surface area contributed by atoms with Gasteiger partial charge in [0.2, 0.25) is 0 Å². The molecule has 5 heteroatoms. The van der Waals surface area contributed by atoms with E-state index in [0.717, 1.165) is 20.9 Å². The summed E-state index contributed by atoms with van der Waals surface area (Å²) in [6.07, 6.45) is 5.40. The fourth-order valence-electron chi connectivity index (χ4n) is 1.94. The van der Waals surface area contributed by atoms with Crippen molar-refractivity contribution in [2.24, 2.45) is 0 Å². The number of fused-ring (bicyclic) bond motifs is 1. The smallest absolute Gasteiger partial charge is 0.407 e. The van der Waals surface area contributed by atoms with Gasteiger partial charge in [0.05, 0.1) is 0 Å². The van der Waals surface area contributed by atoms with Crippen LogP contribution in [0.4, 0.5) is 4.79 Å². The molecule has 0 saturated heterocycles. The largest absolute Gasteiger partial charge is 0.444 e. The van der Waals surface area contributed by atoms with Gasteiger partial charge in [0, 0.05) is 33.7 Å². The SMILES string of the molecule is CC(C)(C)OC(=O)NCC=Cc1c[nH]c2cccc(Br)c12. The van der Waals surface area contributed by atoms with E-state index in [1.807, 2.05) is 57.3 Å². The summed E-state index contributed by atoms with van der Waals surface area (Å²) in [6, 6.07) is 6.02. The second-order valence-electron chi connectivity index (χ2n) is 5.69. The van der Waals surface area contributed by atoms with Crippen molar-refractivity contribution in [3.05, 3.63) is 40.5 Å². The molecular weight excluding hydrogens is 332 g/mol. The number of carbonyl (C=O) groups excluding carboxylic acids is 1. The number of hydrogen-bond acceptors (Lipinski definition) is 2. The van der Waals surface area contributed by atoms with Crippen LogP contribution in [0.1, 0.15) is 26.3 Å². The van der Waals surface area contributed by atoms with E-state index in [1.165, 1.54) is 0 Å². The summed E-state index contributed by atoms with van der Waals surface area (Å²) in [7, 11) is 0. The molecule has 0 atom stereocenters. The average molecular weight is 351 g/mol. The van der Waals surface area contributed by atoms with Gasteiger partial charge in [0.15, 0.2) is 0 Å². The molecule has 0 unspecified atom stereocenters. The van der Waals surface area contributed by atoms with Gasteiger partial charge in [-0.3, -0.25) is 0 Å². The van der Waals surface area contributed by atoms with Crippen LogP contribution in [0.2, 0.25) is 0 Å². The van der Waals surface area contributed by atoms with Crippen molar-refractivity contribution in [2.75, 3.05) is 6.54 Å². The maximum Gasteiger partial charge on any atom is 0.407 e. The van der Waals surface area contributed by atoms with Crippen LogP contribution in [0.5, 0.6) is 0 Å². The topological polar surface area (TPSA) is 54.1 Å². The van der Waals surface area contributed by atoms with Crippen molar-refractivity contribution in [2.45, 2.75) is 26.4 Å². The van der Waals surface area contributed by atoms with Gasteiger partial charge in [-0.05, 0) is 32.9 Å². The van der Waals surface area contributed by atoms with Crippen LogP contribution in [0, 0.1) is 0 Å². The van der Waals surface area contributed by atoms with E-state index in [1.54, 1.807) is 0 Å². The second kappa shape index (κ2) is 6.35. The quantitative estimate of drug-likeness (QED) is 0.857. The number of benzene rings is 1. The molecule has 2 rings (SSSR count). The molecule has 0 aliphatic heterocycles. The fourth-order valence-corrected chi connectivity index (χ4v) is 2.53. The van der Waals surface area contributed by atoms with Crippen LogP contribution >= 0.6 is 15.9 Å². The highest BCUT2D eigenvalue weighted by Crippen LogP contribution is 2.27. The number of aromatic nitrogens is 1. The van der Waals surface area contributed by atoms with E-state index in [9.17, 15) is 4.79 Å². The molecular formula is C16H19BrN2O2. The molecule has 1 aromatic heterocycles. The molecule has 1 amide bonds. The Morgan fingerprint density at radius 1 is 1.43 bits per heavy atom. The lowest BCUT2D eigenvalue weighted by molar-refractivity contribution is 0.0534. The Bertz CT molecular complexity index is 668. The Morgan fingerprint density at radius 3 is 2.90 bits per heavy atom. The van der Waals surface area contributed by atoms with E-state index >= 15 is 0 Å². The predicted octanol–water partition coefficient (Wildman–Crippen LogP) is 4.47. The molecule has 4 nitrogen and oxygen atoms in total. The van der Waals surface area contributed by atoms with Crippen molar-refractivity contribution in [3.8, 4) is 0 Å². The lowest BCUT2D eigenvalue weighted by atomic mass is 10.1. The summed E-state index contributed by atoms with van der Waals surface area (Å²) < 4.78 is 6.21. The minimum atomic E-state index is -0.477.